The summed E-state index contributed by atoms with van der Waals surface area (Å²) < 4.78 is 40.3. The predicted octanol–water partition coefficient (Wildman–Crippen LogP) is 5.95. The van der Waals surface area contributed by atoms with Crippen LogP contribution in [0, 0.1) is 0 Å². The molecule has 0 aliphatic carbocycles. The molecule has 108 valence electrons. The Bertz CT molecular complexity index is 596. The van der Waals surface area contributed by atoms with Gasteiger partial charge in [-0.25, -0.2) is 0 Å². The first kappa shape index (κ1) is 15.9. The van der Waals surface area contributed by atoms with Crippen LogP contribution in [0.4, 0.5) is 18.9 Å². The molecule has 20 heavy (non-hydrogen) atoms. The minimum atomic E-state index is -4.35. The minimum absolute atomic E-state index is 0.0995. The summed E-state index contributed by atoms with van der Waals surface area (Å²) >= 11 is 8.13. The van der Waals surface area contributed by atoms with Crippen LogP contribution in [0.1, 0.15) is 10.4 Å². The Kier molecular flexibility index (Phi) is 5.14. The number of benzene rings is 1. The highest BCUT2D eigenvalue weighted by Gasteiger charge is 2.33. The van der Waals surface area contributed by atoms with E-state index < -0.39 is 11.7 Å². The summed E-state index contributed by atoms with van der Waals surface area (Å²) in [5.41, 5.74) is -0.546. The maximum Gasteiger partial charge on any atom is 0.418 e. The highest BCUT2D eigenvalue weighted by molar-refractivity contribution is 9.11. The number of hydrogen-bond acceptors (Lipinski definition) is 2. The average molecular weight is 429 g/mol. The lowest BCUT2D eigenvalue weighted by molar-refractivity contribution is -0.136. The molecule has 0 aliphatic heterocycles. The lowest BCUT2D eigenvalue weighted by Crippen LogP contribution is -2.12. The molecule has 0 fully saturated rings. The summed E-state index contributed by atoms with van der Waals surface area (Å²) in [6.45, 7) is 0.451. The third-order valence-corrected chi connectivity index (χ3v) is 4.78. The molecule has 0 spiro atoms. The molecule has 1 heterocycles. The Balaban J connectivity index is 2.06. The zero-order valence-electron chi connectivity index (χ0n) is 10.1. The van der Waals surface area contributed by atoms with E-state index in [-0.39, 0.29) is 5.69 Å². The summed E-state index contributed by atoms with van der Waals surface area (Å²) in [5.74, 6) is 0. The van der Waals surface area contributed by atoms with Crippen molar-refractivity contribution >= 4 is 48.9 Å². The molecule has 1 aromatic carbocycles. The predicted molar refractivity (Wildman–Crippen MR) is 83.4 cm³/mol. The highest BCUT2D eigenvalue weighted by Crippen LogP contribution is 2.36. The van der Waals surface area contributed by atoms with Gasteiger partial charge >= 0.3 is 6.18 Å². The van der Waals surface area contributed by atoms with Crippen LogP contribution in [0.25, 0.3) is 0 Å². The molecule has 0 saturated carbocycles. The number of hydrogen-bond donors (Lipinski definition) is 1. The van der Waals surface area contributed by atoms with Gasteiger partial charge in [0.05, 0.1) is 9.35 Å². The van der Waals surface area contributed by atoms with E-state index in [2.05, 4.69) is 37.2 Å². The van der Waals surface area contributed by atoms with Gasteiger partial charge in [-0.05, 0) is 52.7 Å². The Hall–Kier alpha value is -0.530. The molecule has 2 rings (SSSR count). The number of rotatable bonds is 4. The Morgan fingerprint density at radius 2 is 1.85 bits per heavy atom. The molecule has 1 nitrogen and oxygen atoms in total. The van der Waals surface area contributed by atoms with E-state index in [1.165, 1.54) is 12.1 Å². The van der Waals surface area contributed by atoms with Gasteiger partial charge in [-0.1, -0.05) is 15.9 Å². The normalized spacial score (nSPS) is 11.7. The Morgan fingerprint density at radius 1 is 1.10 bits per heavy atom. The molecule has 1 N–H and O–H groups in total. The molecule has 0 aliphatic rings. The van der Waals surface area contributed by atoms with E-state index in [0.717, 1.165) is 14.7 Å². The van der Waals surface area contributed by atoms with E-state index in [9.17, 15) is 13.2 Å². The second-order valence-corrected chi connectivity index (χ2v) is 7.53. The number of anilines is 1. The fraction of sp³-hybridized carbons (Fsp3) is 0.231. The Morgan fingerprint density at radius 3 is 2.45 bits per heavy atom. The van der Waals surface area contributed by atoms with Crippen molar-refractivity contribution in [3.05, 3.63) is 49.0 Å². The second-order valence-electron chi connectivity index (χ2n) is 4.07. The molecule has 1 aromatic heterocycles. The molecule has 0 amide bonds. The molecule has 0 saturated heterocycles. The molecular formula is C13H10Br2F3NS. The first-order valence-corrected chi connectivity index (χ1v) is 8.11. The van der Waals surface area contributed by atoms with Crippen LogP contribution in [-0.2, 0) is 12.6 Å². The van der Waals surface area contributed by atoms with Gasteiger partial charge in [-0.2, -0.15) is 13.2 Å². The van der Waals surface area contributed by atoms with Gasteiger partial charge in [0.15, 0.2) is 0 Å². The van der Waals surface area contributed by atoms with Gasteiger partial charge in [0.2, 0.25) is 0 Å². The topological polar surface area (TPSA) is 12.0 Å². The Labute approximate surface area is 135 Å². The van der Waals surface area contributed by atoms with Crippen molar-refractivity contribution in [3.63, 3.8) is 0 Å². The van der Waals surface area contributed by atoms with Crippen LogP contribution in [0.15, 0.2) is 38.6 Å². The lowest BCUT2D eigenvalue weighted by atomic mass is 10.1. The van der Waals surface area contributed by atoms with Crippen molar-refractivity contribution in [2.75, 3.05) is 11.9 Å². The van der Waals surface area contributed by atoms with Crippen molar-refractivity contribution in [2.45, 2.75) is 12.6 Å². The van der Waals surface area contributed by atoms with Crippen molar-refractivity contribution in [2.24, 2.45) is 0 Å². The maximum absolute atomic E-state index is 12.9. The number of halogens is 5. The number of alkyl halides is 3. The SMILES string of the molecule is FC(F)(F)c1ccc(Br)cc1NCCc1ccc(Br)s1. The highest BCUT2D eigenvalue weighted by atomic mass is 79.9. The van der Waals surface area contributed by atoms with Crippen molar-refractivity contribution < 1.29 is 13.2 Å². The summed E-state index contributed by atoms with van der Waals surface area (Å²) in [5, 5.41) is 2.86. The van der Waals surface area contributed by atoms with Gasteiger partial charge in [-0.3, -0.25) is 0 Å². The van der Waals surface area contributed by atoms with Gasteiger partial charge < -0.3 is 5.32 Å². The monoisotopic (exact) mass is 427 g/mol. The average Bonchev–Trinajstić information content (AvgIpc) is 2.73. The number of nitrogens with one attached hydrogen (secondary N) is 1. The first-order valence-electron chi connectivity index (χ1n) is 5.71. The first-order chi connectivity index (χ1) is 9.36. The third kappa shape index (κ3) is 4.23. The zero-order valence-corrected chi connectivity index (χ0v) is 14.1. The van der Waals surface area contributed by atoms with Crippen LogP contribution in [0.3, 0.4) is 0 Å². The minimum Gasteiger partial charge on any atom is -0.384 e. The summed E-state index contributed by atoms with van der Waals surface area (Å²) in [4.78, 5) is 1.12. The zero-order chi connectivity index (χ0) is 14.8. The van der Waals surface area contributed by atoms with Crippen LogP contribution in [0.2, 0.25) is 0 Å². The second kappa shape index (κ2) is 6.49. The molecule has 0 atom stereocenters. The summed E-state index contributed by atoms with van der Waals surface area (Å²) in [6.07, 6.45) is -3.67. The quantitative estimate of drug-likeness (QED) is 0.634. The van der Waals surface area contributed by atoms with E-state index >= 15 is 0 Å². The molecular weight excluding hydrogens is 419 g/mol. The van der Waals surface area contributed by atoms with Crippen LogP contribution >= 0.6 is 43.2 Å². The molecule has 0 radical (unpaired) electrons. The van der Waals surface area contributed by atoms with E-state index in [4.69, 9.17) is 0 Å². The summed E-state index contributed by atoms with van der Waals surface area (Å²) in [6, 6.07) is 7.81. The number of thiophene rings is 1. The van der Waals surface area contributed by atoms with Gasteiger partial charge in [-0.15, -0.1) is 11.3 Å². The lowest BCUT2D eigenvalue weighted by Gasteiger charge is -2.14. The van der Waals surface area contributed by atoms with Crippen molar-refractivity contribution in [1.82, 2.24) is 0 Å². The largest absolute Gasteiger partial charge is 0.418 e. The smallest absolute Gasteiger partial charge is 0.384 e. The van der Waals surface area contributed by atoms with Gasteiger partial charge in [0, 0.05) is 21.6 Å². The maximum atomic E-state index is 12.9. The standard InChI is InChI=1S/C13H10Br2F3NS/c14-8-1-3-10(13(16,17)18)11(7-8)19-6-5-9-2-4-12(15)20-9/h1-4,7,19H,5-6H2. The van der Waals surface area contributed by atoms with E-state index in [0.29, 0.717) is 17.4 Å². The van der Waals surface area contributed by atoms with Crippen LogP contribution < -0.4 is 5.32 Å². The summed E-state index contributed by atoms with van der Waals surface area (Å²) in [7, 11) is 0. The molecule has 2 aromatic rings. The molecule has 7 heteroatoms. The molecule has 0 unspecified atom stereocenters. The fourth-order valence-electron chi connectivity index (χ4n) is 1.72. The van der Waals surface area contributed by atoms with Crippen molar-refractivity contribution in [3.8, 4) is 0 Å². The van der Waals surface area contributed by atoms with E-state index in [1.54, 1.807) is 11.3 Å². The van der Waals surface area contributed by atoms with Crippen LogP contribution in [-0.4, -0.2) is 6.54 Å². The van der Waals surface area contributed by atoms with Crippen LogP contribution in [0.5, 0.6) is 0 Å². The van der Waals surface area contributed by atoms with Crippen molar-refractivity contribution in [1.29, 1.82) is 0 Å². The van der Waals surface area contributed by atoms with E-state index in [1.807, 2.05) is 12.1 Å². The van der Waals surface area contributed by atoms with Gasteiger partial charge in [0.1, 0.15) is 0 Å². The third-order valence-electron chi connectivity index (χ3n) is 2.60. The fourth-order valence-corrected chi connectivity index (χ4v) is 3.56. The van der Waals surface area contributed by atoms with Gasteiger partial charge in [0.25, 0.3) is 0 Å². The molecule has 0 bridgehead atoms.